The van der Waals surface area contributed by atoms with E-state index in [9.17, 15) is 0 Å². The van der Waals surface area contributed by atoms with E-state index in [0.717, 1.165) is 67.6 Å². The van der Waals surface area contributed by atoms with Crippen molar-refractivity contribution in [2.24, 2.45) is 0 Å². The summed E-state index contributed by atoms with van der Waals surface area (Å²) in [6, 6.07) is 10.3. The zero-order valence-corrected chi connectivity index (χ0v) is 16.2. The number of benzene rings is 1. The molecule has 1 aromatic carbocycles. The van der Waals surface area contributed by atoms with Gasteiger partial charge in [0, 0.05) is 54.1 Å². The number of pyridine rings is 1. The van der Waals surface area contributed by atoms with Crippen LogP contribution in [0.1, 0.15) is 5.56 Å². The summed E-state index contributed by atoms with van der Waals surface area (Å²) in [4.78, 5) is 7.34. The topological polar surface area (TPSA) is 37.4 Å². The molecule has 3 aromatic rings. The molecule has 0 bridgehead atoms. The molecule has 0 unspecified atom stereocenters. The molecule has 0 spiro atoms. The van der Waals surface area contributed by atoms with Gasteiger partial charge in [-0.2, -0.15) is 11.3 Å². The number of fused-ring (bicyclic) bond motifs is 1. The molecule has 6 heteroatoms. The van der Waals surface area contributed by atoms with Crippen molar-refractivity contribution in [1.29, 1.82) is 0 Å². The van der Waals surface area contributed by atoms with Crippen LogP contribution in [-0.4, -0.2) is 49.3 Å². The molecule has 0 atom stereocenters. The predicted molar refractivity (Wildman–Crippen MR) is 109 cm³/mol. The fourth-order valence-corrected chi connectivity index (χ4v) is 4.06. The lowest BCUT2D eigenvalue weighted by atomic mass is 10.1. The number of hydrogen-bond acceptors (Lipinski definition) is 5. The number of nitrogens with one attached hydrogen (secondary N) is 1. The molecule has 136 valence electrons. The van der Waals surface area contributed by atoms with Crippen LogP contribution < -0.4 is 5.32 Å². The minimum Gasteiger partial charge on any atom is -0.379 e. The molecule has 1 aliphatic rings. The minimum absolute atomic E-state index is 0.720. The monoisotopic (exact) mass is 387 g/mol. The number of halogens is 1. The van der Waals surface area contributed by atoms with Crippen LogP contribution in [0.3, 0.4) is 0 Å². The Kier molecular flexibility index (Phi) is 5.82. The maximum absolute atomic E-state index is 6.15. The Morgan fingerprint density at radius 2 is 2.08 bits per heavy atom. The van der Waals surface area contributed by atoms with Gasteiger partial charge in [0.15, 0.2) is 0 Å². The summed E-state index contributed by atoms with van der Waals surface area (Å²) in [5, 5.41) is 9.67. The lowest BCUT2D eigenvalue weighted by molar-refractivity contribution is 0.0384. The van der Waals surface area contributed by atoms with Gasteiger partial charge < -0.3 is 10.1 Å². The molecule has 1 N–H and O–H groups in total. The zero-order valence-electron chi connectivity index (χ0n) is 14.6. The number of aromatic nitrogens is 1. The van der Waals surface area contributed by atoms with Gasteiger partial charge in [-0.15, -0.1) is 0 Å². The van der Waals surface area contributed by atoms with Crippen LogP contribution in [-0.2, 0) is 11.3 Å². The standard InChI is InChI=1S/C20H22ClN3OS/c21-18-2-1-15-11-17(13-22-4-5-24-6-8-25-9-7-24)20(23-19(15)12-18)16-3-10-26-14-16/h1-3,10-12,14,22H,4-9,13H2. The Hall–Kier alpha value is -1.50. The second kappa shape index (κ2) is 8.46. The number of ether oxygens (including phenoxy) is 1. The van der Waals surface area contributed by atoms with Gasteiger partial charge in [-0.05, 0) is 35.2 Å². The summed E-state index contributed by atoms with van der Waals surface area (Å²) < 4.78 is 5.40. The van der Waals surface area contributed by atoms with E-state index in [1.54, 1.807) is 11.3 Å². The van der Waals surface area contributed by atoms with Crippen molar-refractivity contribution in [2.75, 3.05) is 39.4 Å². The fraction of sp³-hybridized carbons (Fsp3) is 0.350. The van der Waals surface area contributed by atoms with Gasteiger partial charge in [-0.3, -0.25) is 4.90 Å². The van der Waals surface area contributed by atoms with Crippen molar-refractivity contribution in [3.8, 4) is 11.3 Å². The van der Waals surface area contributed by atoms with Crippen molar-refractivity contribution in [1.82, 2.24) is 15.2 Å². The van der Waals surface area contributed by atoms with E-state index in [0.29, 0.717) is 0 Å². The second-order valence-corrected chi connectivity index (χ2v) is 7.69. The maximum atomic E-state index is 6.15. The number of nitrogens with zero attached hydrogens (tertiary/aromatic N) is 2. The molecular formula is C20H22ClN3OS. The van der Waals surface area contributed by atoms with Gasteiger partial charge in [-0.1, -0.05) is 17.7 Å². The average Bonchev–Trinajstić information content (AvgIpc) is 3.20. The van der Waals surface area contributed by atoms with Crippen LogP contribution in [0.4, 0.5) is 0 Å². The molecule has 3 heterocycles. The number of hydrogen-bond donors (Lipinski definition) is 1. The third kappa shape index (κ3) is 4.24. The van der Waals surface area contributed by atoms with Crippen molar-refractivity contribution in [3.05, 3.63) is 51.7 Å². The van der Waals surface area contributed by atoms with Gasteiger partial charge in [0.05, 0.1) is 24.4 Å². The van der Waals surface area contributed by atoms with Crippen molar-refractivity contribution in [2.45, 2.75) is 6.54 Å². The zero-order chi connectivity index (χ0) is 17.8. The fourth-order valence-electron chi connectivity index (χ4n) is 3.25. The number of thiophene rings is 1. The molecule has 0 saturated carbocycles. The van der Waals surface area contributed by atoms with Crippen LogP contribution in [0.2, 0.25) is 5.02 Å². The smallest absolute Gasteiger partial charge is 0.0763 e. The van der Waals surface area contributed by atoms with Gasteiger partial charge in [0.1, 0.15) is 0 Å². The van der Waals surface area contributed by atoms with E-state index in [-0.39, 0.29) is 0 Å². The van der Waals surface area contributed by atoms with Crippen LogP contribution in [0.5, 0.6) is 0 Å². The highest BCUT2D eigenvalue weighted by molar-refractivity contribution is 7.08. The van der Waals surface area contributed by atoms with Gasteiger partial charge in [0.2, 0.25) is 0 Å². The molecule has 4 nitrogen and oxygen atoms in total. The first-order valence-corrected chi connectivity index (χ1v) is 10.2. The quantitative estimate of drug-likeness (QED) is 0.648. The first-order chi connectivity index (χ1) is 12.8. The summed E-state index contributed by atoms with van der Waals surface area (Å²) in [6.07, 6.45) is 0. The van der Waals surface area contributed by atoms with Crippen LogP contribution in [0.15, 0.2) is 41.1 Å². The van der Waals surface area contributed by atoms with Crippen LogP contribution in [0.25, 0.3) is 22.2 Å². The molecular weight excluding hydrogens is 366 g/mol. The predicted octanol–water partition coefficient (Wildman–Crippen LogP) is 4.04. The third-order valence-corrected chi connectivity index (χ3v) is 5.60. The molecule has 1 fully saturated rings. The normalized spacial score (nSPS) is 15.6. The lowest BCUT2D eigenvalue weighted by Gasteiger charge is -2.26. The van der Waals surface area contributed by atoms with Gasteiger partial charge in [-0.25, -0.2) is 4.98 Å². The van der Waals surface area contributed by atoms with E-state index in [2.05, 4.69) is 33.1 Å². The Morgan fingerprint density at radius 1 is 1.19 bits per heavy atom. The summed E-state index contributed by atoms with van der Waals surface area (Å²) in [5.41, 5.74) is 4.37. The first-order valence-electron chi connectivity index (χ1n) is 8.92. The lowest BCUT2D eigenvalue weighted by Crippen LogP contribution is -2.40. The van der Waals surface area contributed by atoms with Crippen molar-refractivity contribution < 1.29 is 4.74 Å². The Balaban J connectivity index is 1.51. The number of morpholine rings is 1. The largest absolute Gasteiger partial charge is 0.379 e. The molecule has 0 amide bonds. The highest BCUT2D eigenvalue weighted by Crippen LogP contribution is 2.28. The van der Waals surface area contributed by atoms with Gasteiger partial charge >= 0.3 is 0 Å². The highest BCUT2D eigenvalue weighted by Gasteiger charge is 2.12. The Labute approximate surface area is 162 Å². The van der Waals surface area contributed by atoms with E-state index >= 15 is 0 Å². The average molecular weight is 388 g/mol. The summed E-state index contributed by atoms with van der Waals surface area (Å²) in [7, 11) is 0. The van der Waals surface area contributed by atoms with Crippen LogP contribution in [0, 0.1) is 0 Å². The highest BCUT2D eigenvalue weighted by atomic mass is 35.5. The van der Waals surface area contributed by atoms with E-state index in [1.807, 2.05) is 18.2 Å². The molecule has 1 saturated heterocycles. The van der Waals surface area contributed by atoms with E-state index < -0.39 is 0 Å². The van der Waals surface area contributed by atoms with Gasteiger partial charge in [0.25, 0.3) is 0 Å². The first kappa shape index (κ1) is 17.9. The number of rotatable bonds is 6. The molecule has 1 aliphatic heterocycles. The Bertz CT molecular complexity index is 863. The summed E-state index contributed by atoms with van der Waals surface area (Å²) >= 11 is 7.84. The second-order valence-electron chi connectivity index (χ2n) is 6.48. The molecule has 0 aliphatic carbocycles. The third-order valence-electron chi connectivity index (χ3n) is 4.68. The van der Waals surface area contributed by atoms with Crippen LogP contribution >= 0.6 is 22.9 Å². The van der Waals surface area contributed by atoms with Crippen molar-refractivity contribution in [3.63, 3.8) is 0 Å². The van der Waals surface area contributed by atoms with E-state index in [4.69, 9.17) is 21.3 Å². The molecule has 4 rings (SSSR count). The molecule has 26 heavy (non-hydrogen) atoms. The Morgan fingerprint density at radius 3 is 2.88 bits per heavy atom. The minimum atomic E-state index is 0.720. The molecule has 2 aromatic heterocycles. The van der Waals surface area contributed by atoms with E-state index in [1.165, 1.54) is 11.1 Å². The summed E-state index contributed by atoms with van der Waals surface area (Å²) in [5.74, 6) is 0. The summed E-state index contributed by atoms with van der Waals surface area (Å²) in [6.45, 7) is 6.57. The maximum Gasteiger partial charge on any atom is 0.0763 e. The van der Waals surface area contributed by atoms with Crippen molar-refractivity contribution >= 4 is 33.8 Å². The molecule has 0 radical (unpaired) electrons. The SMILES string of the molecule is Clc1ccc2cc(CNCCN3CCOCC3)c(-c3ccsc3)nc2c1.